The van der Waals surface area contributed by atoms with Crippen LogP contribution in [0.3, 0.4) is 0 Å². The van der Waals surface area contributed by atoms with E-state index in [-0.39, 0.29) is 11.9 Å². The maximum atomic E-state index is 13.6. The Kier molecular flexibility index (Phi) is 5.67. The molecule has 29 heavy (non-hydrogen) atoms. The molecule has 1 aromatic heterocycles. The number of allylic oxidation sites excluding steroid dienone is 1. The van der Waals surface area contributed by atoms with E-state index in [9.17, 15) is 8.78 Å². The fraction of sp³-hybridized carbons (Fsp3) is 0.545. The Labute approximate surface area is 170 Å². The van der Waals surface area contributed by atoms with E-state index >= 15 is 0 Å². The van der Waals surface area contributed by atoms with Gasteiger partial charge in [0.05, 0.1) is 11.0 Å². The fourth-order valence-electron chi connectivity index (χ4n) is 4.34. The van der Waals surface area contributed by atoms with Gasteiger partial charge in [-0.1, -0.05) is 12.1 Å². The Hall–Kier alpha value is -2.28. The van der Waals surface area contributed by atoms with Gasteiger partial charge in [0, 0.05) is 24.3 Å². The smallest absolute Gasteiger partial charge is 0.295 e. The van der Waals surface area contributed by atoms with Crippen LogP contribution >= 0.6 is 0 Å². The van der Waals surface area contributed by atoms with Gasteiger partial charge in [0.1, 0.15) is 5.84 Å². The van der Waals surface area contributed by atoms with Crippen LogP contribution in [-0.2, 0) is 0 Å². The van der Waals surface area contributed by atoms with Gasteiger partial charge in [-0.2, -0.15) is 0 Å². The van der Waals surface area contributed by atoms with Gasteiger partial charge in [-0.25, -0.2) is 13.8 Å². The van der Waals surface area contributed by atoms with Crippen LogP contribution in [0.5, 0.6) is 0 Å². The maximum absolute atomic E-state index is 13.6. The molecule has 0 spiro atoms. The molecule has 0 saturated heterocycles. The summed E-state index contributed by atoms with van der Waals surface area (Å²) >= 11 is 0. The predicted octanol–water partition coefficient (Wildman–Crippen LogP) is 4.79. The molecule has 7 heteroatoms. The predicted molar refractivity (Wildman–Crippen MR) is 112 cm³/mol. The number of alkyl halides is 2. The van der Waals surface area contributed by atoms with E-state index in [4.69, 9.17) is 11.1 Å². The third-order valence-electron chi connectivity index (χ3n) is 6.12. The normalized spacial score (nSPS) is 23.0. The number of nitrogens with two attached hydrogens (primary N) is 1. The number of aromatic nitrogens is 2. The molecule has 1 aromatic carbocycles. The molecule has 1 heterocycles. The van der Waals surface area contributed by atoms with Crippen molar-refractivity contribution in [3.63, 3.8) is 0 Å². The van der Waals surface area contributed by atoms with Gasteiger partial charge >= 0.3 is 0 Å². The molecule has 2 fully saturated rings. The summed E-state index contributed by atoms with van der Waals surface area (Å²) in [5.41, 5.74) is 7.83. The monoisotopic (exact) mass is 401 g/mol. The van der Waals surface area contributed by atoms with Gasteiger partial charge in [-0.05, 0) is 69.6 Å². The highest BCUT2D eigenvalue weighted by Gasteiger charge is 2.31. The lowest BCUT2D eigenvalue weighted by molar-refractivity contribution is 0.139. The Morgan fingerprint density at radius 1 is 1.24 bits per heavy atom. The maximum Gasteiger partial charge on any atom is 0.295 e. The minimum Gasteiger partial charge on any atom is -0.354 e. The van der Waals surface area contributed by atoms with Gasteiger partial charge < -0.3 is 10.6 Å². The SMILES string of the molecule is C/C(=C\C(=N)N(CC1CC1)C1CCC(N)CC1)n1c(C(F)F)nc2ccccc21. The van der Waals surface area contributed by atoms with Crippen molar-refractivity contribution in [2.45, 2.75) is 64.0 Å². The molecule has 0 bridgehead atoms. The van der Waals surface area contributed by atoms with Gasteiger partial charge in [0.25, 0.3) is 6.43 Å². The average Bonchev–Trinajstić information content (AvgIpc) is 3.43. The van der Waals surface area contributed by atoms with Crippen molar-refractivity contribution in [3.05, 3.63) is 36.2 Å². The van der Waals surface area contributed by atoms with Crippen LogP contribution < -0.4 is 5.73 Å². The van der Waals surface area contributed by atoms with Gasteiger partial charge in [0.15, 0.2) is 5.82 Å². The van der Waals surface area contributed by atoms with Gasteiger partial charge in [-0.3, -0.25) is 9.98 Å². The number of rotatable bonds is 6. The third kappa shape index (κ3) is 4.34. The number of amidine groups is 1. The molecule has 0 unspecified atom stereocenters. The van der Waals surface area contributed by atoms with Crippen LogP contribution in [0.25, 0.3) is 16.7 Å². The molecule has 156 valence electrons. The first kappa shape index (κ1) is 20.0. The number of benzene rings is 1. The molecule has 0 aliphatic heterocycles. The zero-order valence-electron chi connectivity index (χ0n) is 16.8. The molecule has 2 saturated carbocycles. The molecule has 4 rings (SSSR count). The molecule has 5 nitrogen and oxygen atoms in total. The number of fused-ring (bicyclic) bond motifs is 1. The average molecular weight is 402 g/mol. The summed E-state index contributed by atoms with van der Waals surface area (Å²) in [5.74, 6) is 0.767. The second-order valence-electron chi connectivity index (χ2n) is 8.43. The lowest BCUT2D eigenvalue weighted by Crippen LogP contribution is -2.44. The van der Waals surface area contributed by atoms with Crippen molar-refractivity contribution < 1.29 is 8.78 Å². The van der Waals surface area contributed by atoms with Crippen LogP contribution in [0.2, 0.25) is 0 Å². The summed E-state index contributed by atoms with van der Waals surface area (Å²) in [5, 5.41) is 8.77. The Bertz CT molecular complexity index is 907. The van der Waals surface area contributed by atoms with E-state index in [1.54, 1.807) is 31.2 Å². The van der Waals surface area contributed by atoms with Gasteiger partial charge in [0.2, 0.25) is 0 Å². The minimum absolute atomic E-state index is 0.256. The molecular formula is C22H29F2N5. The van der Waals surface area contributed by atoms with Crippen molar-refractivity contribution in [2.75, 3.05) is 6.54 Å². The van der Waals surface area contributed by atoms with Crippen LogP contribution in [-0.4, -0.2) is 38.9 Å². The Morgan fingerprint density at radius 3 is 2.59 bits per heavy atom. The van der Waals surface area contributed by atoms with Crippen LogP contribution in [0, 0.1) is 11.3 Å². The second-order valence-corrected chi connectivity index (χ2v) is 8.43. The van der Waals surface area contributed by atoms with Crippen molar-refractivity contribution in [2.24, 2.45) is 11.7 Å². The van der Waals surface area contributed by atoms with E-state index in [1.807, 2.05) is 6.07 Å². The van der Waals surface area contributed by atoms with E-state index in [0.29, 0.717) is 34.5 Å². The molecule has 0 amide bonds. The Balaban J connectivity index is 1.64. The second kappa shape index (κ2) is 8.22. The first-order valence-corrected chi connectivity index (χ1v) is 10.5. The first-order chi connectivity index (χ1) is 13.9. The molecule has 2 aromatic rings. The fourth-order valence-corrected chi connectivity index (χ4v) is 4.34. The van der Waals surface area contributed by atoms with Crippen LogP contribution in [0.15, 0.2) is 30.3 Å². The highest BCUT2D eigenvalue weighted by atomic mass is 19.3. The zero-order chi connectivity index (χ0) is 20.5. The largest absolute Gasteiger partial charge is 0.354 e. The molecule has 3 N–H and O–H groups in total. The number of imidazole rings is 1. The standard InChI is InChI=1S/C22H29F2N5/c1-14(29-19-5-3-2-4-18(19)27-22(29)21(23)24)12-20(26)28(13-15-6-7-15)17-10-8-16(25)9-11-17/h2-5,12,15-17,21,26H,6-11,13,25H2,1H3/b14-12+,26-20?. The molecule has 0 radical (unpaired) electrons. The summed E-state index contributed by atoms with van der Waals surface area (Å²) in [4.78, 5) is 6.29. The quantitative estimate of drug-likeness (QED) is 0.540. The number of hydrogen-bond donors (Lipinski definition) is 2. The molecule has 0 atom stereocenters. The molecule has 2 aliphatic rings. The number of halogens is 2. The van der Waals surface area contributed by atoms with E-state index in [0.717, 1.165) is 32.2 Å². The Morgan fingerprint density at radius 2 is 1.93 bits per heavy atom. The first-order valence-electron chi connectivity index (χ1n) is 10.5. The van der Waals surface area contributed by atoms with Crippen LogP contribution in [0.4, 0.5) is 8.78 Å². The van der Waals surface area contributed by atoms with E-state index in [1.165, 1.54) is 17.4 Å². The number of nitrogens with one attached hydrogen (secondary N) is 1. The zero-order valence-corrected chi connectivity index (χ0v) is 16.8. The van der Waals surface area contributed by atoms with Crippen LogP contribution in [0.1, 0.15) is 57.7 Å². The highest BCUT2D eigenvalue weighted by molar-refractivity contribution is 5.96. The van der Waals surface area contributed by atoms with Gasteiger partial charge in [-0.15, -0.1) is 0 Å². The highest BCUT2D eigenvalue weighted by Crippen LogP contribution is 2.33. The van der Waals surface area contributed by atoms with Crippen molar-refractivity contribution >= 4 is 22.6 Å². The van der Waals surface area contributed by atoms with Crippen molar-refractivity contribution in [3.8, 4) is 0 Å². The van der Waals surface area contributed by atoms with Crippen molar-refractivity contribution in [1.29, 1.82) is 5.41 Å². The molecule has 2 aliphatic carbocycles. The van der Waals surface area contributed by atoms with E-state index < -0.39 is 6.43 Å². The number of hydrogen-bond acceptors (Lipinski definition) is 3. The number of para-hydroxylation sites is 2. The summed E-state index contributed by atoms with van der Waals surface area (Å²) in [6.45, 7) is 2.65. The third-order valence-corrected chi connectivity index (χ3v) is 6.12. The summed E-state index contributed by atoms with van der Waals surface area (Å²) in [6.07, 6.45) is 5.38. The lowest BCUT2D eigenvalue weighted by Gasteiger charge is -2.37. The molecular weight excluding hydrogens is 372 g/mol. The van der Waals surface area contributed by atoms with Crippen molar-refractivity contribution in [1.82, 2.24) is 14.5 Å². The summed E-state index contributed by atoms with van der Waals surface area (Å²) < 4.78 is 28.8. The summed E-state index contributed by atoms with van der Waals surface area (Å²) in [7, 11) is 0. The summed E-state index contributed by atoms with van der Waals surface area (Å²) in [6, 6.07) is 7.70. The topological polar surface area (TPSA) is 70.9 Å². The minimum atomic E-state index is -2.68. The van der Waals surface area contributed by atoms with E-state index in [2.05, 4.69) is 9.88 Å². The lowest BCUT2D eigenvalue weighted by atomic mass is 9.90. The number of nitrogens with zero attached hydrogens (tertiary/aromatic N) is 3.